The van der Waals surface area contributed by atoms with Crippen molar-refractivity contribution in [2.45, 2.75) is 67.3 Å². The number of hydrogen-bond donors (Lipinski definition) is 3. The van der Waals surface area contributed by atoms with Gasteiger partial charge in [0.1, 0.15) is 11.8 Å². The number of ether oxygens (including phenoxy) is 6. The molecule has 8 rings (SSSR count). The Kier molecular flexibility index (Phi) is 16.0. The summed E-state index contributed by atoms with van der Waals surface area (Å²) in [6.07, 6.45) is 8.33. The van der Waals surface area contributed by atoms with Crippen molar-refractivity contribution in [1.29, 1.82) is 0 Å². The summed E-state index contributed by atoms with van der Waals surface area (Å²) in [4.78, 5) is 49.6. The van der Waals surface area contributed by atoms with Crippen LogP contribution >= 0.6 is 23.5 Å². The summed E-state index contributed by atoms with van der Waals surface area (Å²) in [5.41, 5.74) is 13.6. The standard InChI is InChI=1S/C25H29NO5S.C20H23NO4S.C5H6O2/c1-13-10-16(13)25(28)26-18-8-6-14-11-20(29-2)23(30-3)24(31-4)22(14)15-7-9-21(32-5)19(27)12-17(15)18;1-23-16-9-11-5-7-14(21)13-10-15(22)17(26-4)8-6-12(13)18(11)20(25-3)19(16)24-2;1-3-2-4(3)5(6)7/h7,9,11-13,16,18H,6,8,10H2,1-5H3,(H,26,28);6,8-10,14H,5,7,21H2,1-4H3;3-4H,1-2H2/p+1/t13?,16?,18-;14-;/m00./s1. The van der Waals surface area contributed by atoms with Crippen LogP contribution in [0.3, 0.4) is 0 Å². The molecule has 0 aliphatic heterocycles. The molecule has 346 valence electrons. The fourth-order valence-electron chi connectivity index (χ4n) is 8.63. The number of carboxylic acid groups (broad SMARTS) is 1. The summed E-state index contributed by atoms with van der Waals surface area (Å²) in [7, 11) is 9.58. The van der Waals surface area contributed by atoms with Crippen LogP contribution in [0, 0.1) is 30.6 Å². The van der Waals surface area contributed by atoms with Gasteiger partial charge in [0.25, 0.3) is 0 Å². The summed E-state index contributed by atoms with van der Waals surface area (Å²) in [6, 6.07) is 14.4. The molecule has 15 heteroatoms. The largest absolute Gasteiger partial charge is 0.493 e. The lowest BCUT2D eigenvalue weighted by Crippen LogP contribution is -2.30. The van der Waals surface area contributed by atoms with Crippen LogP contribution in [0.1, 0.15) is 66.9 Å². The first-order chi connectivity index (χ1) is 31.2. The van der Waals surface area contributed by atoms with E-state index in [1.807, 2.05) is 48.9 Å². The second-order valence-electron chi connectivity index (χ2n) is 16.4. The van der Waals surface area contributed by atoms with E-state index < -0.39 is 5.97 Å². The number of carboxylic acids is 1. The molecule has 0 bridgehead atoms. The van der Waals surface area contributed by atoms with Crippen molar-refractivity contribution in [3.63, 3.8) is 0 Å². The van der Waals surface area contributed by atoms with Gasteiger partial charge in [0.15, 0.2) is 33.9 Å². The first-order valence-corrected chi connectivity index (χ1v) is 23.9. The van der Waals surface area contributed by atoms with E-state index in [1.54, 1.807) is 54.8 Å². The molecule has 0 heterocycles. The molecule has 0 saturated heterocycles. The summed E-state index contributed by atoms with van der Waals surface area (Å²) in [5.74, 6) is 3.33. The quantitative estimate of drug-likeness (QED) is 0.0968. The van der Waals surface area contributed by atoms with E-state index >= 15 is 0 Å². The van der Waals surface area contributed by atoms with Gasteiger partial charge >= 0.3 is 5.97 Å². The molecule has 4 aliphatic carbocycles. The number of fused-ring (bicyclic) bond motifs is 6. The molecule has 4 N–H and O–H groups in total. The normalized spacial score (nSPS) is 20.6. The topological polar surface area (TPSA) is 182 Å². The first kappa shape index (κ1) is 48.9. The SMILES string of the molecule is COc1cc2c(c(OC)c1OC)-c1ccc(SC)c(=O)cc1[C@@H](N)CC2.COc1cc2c(c(OC)c1OC)-c1ccc(SC)c(=O)cc1[C@@H](NC(=O)C1CC1C)CC2.[CH2+]C1CC1C(=O)O. The Labute approximate surface area is 389 Å². The van der Waals surface area contributed by atoms with Crippen LogP contribution in [0.4, 0.5) is 0 Å². The van der Waals surface area contributed by atoms with Crippen LogP contribution in [0.5, 0.6) is 34.5 Å². The number of thioether (sulfide) groups is 2. The van der Waals surface area contributed by atoms with Crippen LogP contribution in [0.15, 0.2) is 67.9 Å². The number of hydrogen-bond acceptors (Lipinski definition) is 13. The number of amides is 1. The minimum absolute atomic E-state index is 0.0166. The fourth-order valence-corrected chi connectivity index (χ4v) is 9.56. The van der Waals surface area contributed by atoms with E-state index in [0.717, 1.165) is 70.2 Å². The van der Waals surface area contributed by atoms with Crippen molar-refractivity contribution in [2.24, 2.45) is 29.4 Å². The molecule has 0 aromatic heterocycles. The van der Waals surface area contributed by atoms with Crippen LogP contribution < -0.4 is 50.3 Å². The maximum Gasteiger partial charge on any atom is 0.311 e. The Morgan fingerprint density at radius 3 is 1.51 bits per heavy atom. The fraction of sp³-hybridized carbons (Fsp3) is 0.420. The average Bonchev–Trinajstić information content (AvgIpc) is 4.24. The van der Waals surface area contributed by atoms with Gasteiger partial charge in [0.2, 0.25) is 17.4 Å². The Balaban J connectivity index is 0.000000190. The lowest BCUT2D eigenvalue weighted by Gasteiger charge is -2.20. The van der Waals surface area contributed by atoms with Gasteiger partial charge in [-0.15, -0.1) is 23.5 Å². The van der Waals surface area contributed by atoms with E-state index in [0.29, 0.717) is 63.0 Å². The molecule has 2 fully saturated rings. The zero-order valence-electron chi connectivity index (χ0n) is 38.5. The second kappa shape index (κ2) is 21.2. The van der Waals surface area contributed by atoms with Crippen molar-refractivity contribution < 1.29 is 43.1 Å². The van der Waals surface area contributed by atoms with Crippen molar-refractivity contribution in [1.82, 2.24) is 5.32 Å². The summed E-state index contributed by atoms with van der Waals surface area (Å²) < 4.78 is 33.8. The lowest BCUT2D eigenvalue weighted by molar-refractivity contribution is -0.138. The third-order valence-corrected chi connectivity index (χ3v) is 14.0. The smallest absolute Gasteiger partial charge is 0.311 e. The summed E-state index contributed by atoms with van der Waals surface area (Å²) in [6.45, 7) is 5.66. The highest BCUT2D eigenvalue weighted by Crippen LogP contribution is 2.52. The average molecular weight is 928 g/mol. The van der Waals surface area contributed by atoms with Gasteiger partial charge in [-0.2, -0.15) is 0 Å². The molecule has 2 saturated carbocycles. The Morgan fingerprint density at radius 2 is 1.12 bits per heavy atom. The molecule has 4 aromatic rings. The Bertz CT molecular complexity index is 2570. The number of carbonyl (C=O) groups is 2. The second-order valence-corrected chi connectivity index (χ2v) is 18.1. The summed E-state index contributed by atoms with van der Waals surface area (Å²) in [5, 5.41) is 11.4. The van der Waals surface area contributed by atoms with Gasteiger partial charge < -0.3 is 44.6 Å². The molecule has 4 unspecified atom stereocenters. The molecule has 0 spiro atoms. The molecule has 1 amide bonds. The number of carbonyl (C=O) groups excluding carboxylic acids is 1. The molecule has 65 heavy (non-hydrogen) atoms. The number of aryl methyl sites for hydroxylation is 2. The molecular formula is C50H59N2O11S2+. The van der Waals surface area contributed by atoms with Crippen molar-refractivity contribution >= 4 is 35.4 Å². The summed E-state index contributed by atoms with van der Waals surface area (Å²) >= 11 is 2.84. The zero-order valence-corrected chi connectivity index (χ0v) is 40.1. The van der Waals surface area contributed by atoms with Crippen LogP contribution in [-0.4, -0.2) is 72.2 Å². The predicted octanol–water partition coefficient (Wildman–Crippen LogP) is 8.17. The van der Waals surface area contributed by atoms with Gasteiger partial charge in [0.05, 0.1) is 65.4 Å². The Morgan fingerprint density at radius 1 is 0.677 bits per heavy atom. The number of methoxy groups -OCH3 is 6. The molecular weight excluding hydrogens is 869 g/mol. The van der Waals surface area contributed by atoms with Crippen molar-refractivity contribution in [3.8, 4) is 56.8 Å². The van der Waals surface area contributed by atoms with Gasteiger partial charge in [-0.1, -0.05) is 19.1 Å². The number of aliphatic carboxylic acids is 1. The maximum absolute atomic E-state index is 12.9. The van der Waals surface area contributed by atoms with Gasteiger partial charge in [-0.3, -0.25) is 19.2 Å². The van der Waals surface area contributed by atoms with Crippen molar-refractivity contribution in [2.75, 3.05) is 55.2 Å². The number of rotatable bonds is 11. The third-order valence-electron chi connectivity index (χ3n) is 12.5. The molecule has 4 aliphatic rings. The van der Waals surface area contributed by atoms with E-state index in [-0.39, 0.29) is 46.6 Å². The number of nitrogens with two attached hydrogens (primary N) is 1. The minimum Gasteiger partial charge on any atom is -0.493 e. The van der Waals surface area contributed by atoms with Crippen LogP contribution in [0.2, 0.25) is 0 Å². The molecule has 13 nitrogen and oxygen atoms in total. The maximum atomic E-state index is 12.9. The van der Waals surface area contributed by atoms with E-state index in [9.17, 15) is 19.2 Å². The first-order valence-electron chi connectivity index (χ1n) is 21.4. The zero-order chi connectivity index (χ0) is 47.3. The van der Waals surface area contributed by atoms with E-state index in [4.69, 9.17) is 39.3 Å². The van der Waals surface area contributed by atoms with E-state index in [2.05, 4.69) is 19.2 Å². The highest BCUT2D eigenvalue weighted by Gasteiger charge is 2.45. The minimum atomic E-state index is -0.694. The molecule has 0 radical (unpaired) electrons. The van der Waals surface area contributed by atoms with Crippen LogP contribution in [-0.2, 0) is 22.4 Å². The van der Waals surface area contributed by atoms with Gasteiger partial charge in [-0.25, -0.2) is 0 Å². The number of benzene rings is 2. The predicted molar refractivity (Wildman–Crippen MR) is 255 cm³/mol. The van der Waals surface area contributed by atoms with Crippen molar-refractivity contribution in [3.05, 3.63) is 98.2 Å². The highest BCUT2D eigenvalue weighted by molar-refractivity contribution is 7.98. The monoisotopic (exact) mass is 927 g/mol. The number of nitrogens with one attached hydrogen (secondary N) is 1. The van der Waals surface area contributed by atoms with Gasteiger partial charge in [-0.05, 0) is 120 Å². The third kappa shape index (κ3) is 10.3. The van der Waals surface area contributed by atoms with Gasteiger partial charge in [0, 0.05) is 29.5 Å². The molecule has 4 aromatic carbocycles. The van der Waals surface area contributed by atoms with Crippen LogP contribution in [0.25, 0.3) is 22.3 Å². The lowest BCUT2D eigenvalue weighted by atomic mass is 9.95. The highest BCUT2D eigenvalue weighted by atomic mass is 32.2. The Hall–Kier alpha value is -5.51. The van der Waals surface area contributed by atoms with E-state index in [1.165, 1.54) is 23.5 Å². The molecule has 6 atom stereocenters.